The molecule has 4 aliphatic rings. The van der Waals surface area contributed by atoms with E-state index in [4.69, 9.17) is 0 Å². The van der Waals surface area contributed by atoms with E-state index in [1.807, 2.05) is 0 Å². The fourth-order valence-corrected chi connectivity index (χ4v) is 6.00. The Morgan fingerprint density at radius 3 is 1.23 bits per heavy atom. The largest absolute Gasteiger partial charge is 0.0533 e. The van der Waals surface area contributed by atoms with Crippen LogP contribution < -0.4 is 0 Å². The van der Waals surface area contributed by atoms with Crippen molar-refractivity contribution in [2.45, 2.75) is 122 Å². The van der Waals surface area contributed by atoms with Crippen LogP contribution in [0, 0.1) is 17.3 Å². The molecule has 0 radical (unpaired) electrons. The molecule has 22 heavy (non-hydrogen) atoms. The van der Waals surface area contributed by atoms with Gasteiger partial charge in [-0.05, 0) is 42.9 Å². The van der Waals surface area contributed by atoms with Gasteiger partial charge < -0.3 is 0 Å². The SMILES string of the molecule is C1CCC2(CC1)CCCCC2.C1CCC2CCCC(C1)CC2. The second-order valence-corrected chi connectivity index (χ2v) is 9.15. The van der Waals surface area contributed by atoms with Crippen LogP contribution in [0.5, 0.6) is 0 Å². The molecule has 2 atom stereocenters. The van der Waals surface area contributed by atoms with E-state index in [0.717, 1.165) is 17.3 Å². The second kappa shape index (κ2) is 8.74. The van der Waals surface area contributed by atoms with E-state index in [0.29, 0.717) is 0 Å². The van der Waals surface area contributed by atoms with Crippen LogP contribution in [0.2, 0.25) is 0 Å². The van der Waals surface area contributed by atoms with Crippen LogP contribution in [0.3, 0.4) is 0 Å². The molecule has 2 unspecified atom stereocenters. The third kappa shape index (κ3) is 5.00. The van der Waals surface area contributed by atoms with Gasteiger partial charge in [0.2, 0.25) is 0 Å². The highest BCUT2D eigenvalue weighted by atomic mass is 14.4. The summed E-state index contributed by atoms with van der Waals surface area (Å²) in [5.41, 5.74) is 0.858. The minimum Gasteiger partial charge on any atom is -0.0533 e. The van der Waals surface area contributed by atoms with Gasteiger partial charge in [-0.15, -0.1) is 0 Å². The Hall–Kier alpha value is 0. The van der Waals surface area contributed by atoms with Gasteiger partial charge in [0.15, 0.2) is 0 Å². The molecule has 0 N–H and O–H groups in total. The van der Waals surface area contributed by atoms with Gasteiger partial charge in [-0.25, -0.2) is 0 Å². The van der Waals surface area contributed by atoms with E-state index in [1.165, 1.54) is 57.8 Å². The first kappa shape index (κ1) is 16.8. The predicted molar refractivity (Wildman–Crippen MR) is 97.1 cm³/mol. The maximum Gasteiger partial charge on any atom is -0.0297 e. The van der Waals surface area contributed by atoms with Crippen molar-refractivity contribution in [3.8, 4) is 0 Å². The maximum atomic E-state index is 1.56. The molecule has 0 heterocycles. The summed E-state index contributed by atoms with van der Waals surface area (Å²) in [5.74, 6) is 2.25. The van der Waals surface area contributed by atoms with Gasteiger partial charge in [-0.2, -0.15) is 0 Å². The third-order valence-electron chi connectivity index (χ3n) is 7.51. The first-order chi connectivity index (χ1) is 10.9. The Bertz CT molecular complexity index is 256. The van der Waals surface area contributed by atoms with Gasteiger partial charge in [-0.3, -0.25) is 0 Å². The summed E-state index contributed by atoms with van der Waals surface area (Å²) in [6.07, 6.45) is 29.3. The Morgan fingerprint density at radius 1 is 0.364 bits per heavy atom. The van der Waals surface area contributed by atoms with Gasteiger partial charge in [0.25, 0.3) is 0 Å². The highest BCUT2D eigenvalue weighted by Gasteiger charge is 2.32. The molecule has 4 rings (SSSR count). The summed E-state index contributed by atoms with van der Waals surface area (Å²) in [4.78, 5) is 0. The monoisotopic (exact) mass is 304 g/mol. The van der Waals surface area contributed by atoms with Crippen molar-refractivity contribution in [2.75, 3.05) is 0 Å². The molecule has 4 aliphatic carbocycles. The molecular weight excluding hydrogens is 264 g/mol. The van der Waals surface area contributed by atoms with Crippen molar-refractivity contribution in [1.29, 1.82) is 0 Å². The highest BCUT2D eigenvalue weighted by Crippen LogP contribution is 2.47. The number of fused-ring (bicyclic) bond motifs is 3. The van der Waals surface area contributed by atoms with E-state index < -0.39 is 0 Å². The molecule has 0 aromatic carbocycles. The van der Waals surface area contributed by atoms with Crippen LogP contribution in [0.4, 0.5) is 0 Å². The van der Waals surface area contributed by atoms with E-state index in [-0.39, 0.29) is 0 Å². The lowest BCUT2D eigenvalue weighted by Gasteiger charge is -2.40. The summed E-state index contributed by atoms with van der Waals surface area (Å²) in [5, 5.41) is 0. The van der Waals surface area contributed by atoms with E-state index in [9.17, 15) is 0 Å². The second-order valence-electron chi connectivity index (χ2n) is 9.15. The molecule has 0 aliphatic heterocycles. The normalized spacial score (nSPS) is 34.9. The average Bonchev–Trinajstić information content (AvgIpc) is 2.69. The number of hydrogen-bond donors (Lipinski definition) is 0. The standard InChI is InChI=1S/2C11H20/c1-3-7-11(8-4-1)9-5-2-6-10-11;1-2-5-11-7-3-6-10(4-1)8-9-11/h1-10H2;10-11H,1-9H2. The smallest absolute Gasteiger partial charge is 0.0297 e. The minimum absolute atomic E-state index is 0.858. The maximum absolute atomic E-state index is 1.56. The molecule has 0 nitrogen and oxygen atoms in total. The van der Waals surface area contributed by atoms with Crippen LogP contribution in [0.25, 0.3) is 0 Å². The lowest BCUT2D eigenvalue weighted by atomic mass is 9.65. The van der Waals surface area contributed by atoms with Crippen LogP contribution in [-0.2, 0) is 0 Å². The summed E-state index contributed by atoms with van der Waals surface area (Å²) >= 11 is 0. The van der Waals surface area contributed by atoms with Crippen molar-refractivity contribution in [1.82, 2.24) is 0 Å². The topological polar surface area (TPSA) is 0 Å². The molecular formula is C22H40. The summed E-state index contributed by atoms with van der Waals surface area (Å²) in [7, 11) is 0. The summed E-state index contributed by atoms with van der Waals surface area (Å²) < 4.78 is 0. The zero-order valence-electron chi connectivity index (χ0n) is 15.1. The van der Waals surface area contributed by atoms with E-state index in [1.54, 1.807) is 64.2 Å². The van der Waals surface area contributed by atoms with E-state index >= 15 is 0 Å². The first-order valence-electron chi connectivity index (χ1n) is 10.9. The van der Waals surface area contributed by atoms with Crippen molar-refractivity contribution in [2.24, 2.45) is 17.3 Å². The third-order valence-corrected chi connectivity index (χ3v) is 7.51. The molecule has 0 heteroatoms. The van der Waals surface area contributed by atoms with Crippen LogP contribution in [-0.4, -0.2) is 0 Å². The predicted octanol–water partition coefficient (Wildman–Crippen LogP) is 7.66. The molecule has 0 aromatic heterocycles. The Morgan fingerprint density at radius 2 is 0.773 bits per heavy atom. The molecule has 4 fully saturated rings. The van der Waals surface area contributed by atoms with Gasteiger partial charge in [0.05, 0.1) is 0 Å². The summed E-state index contributed by atoms with van der Waals surface area (Å²) in [6.45, 7) is 0. The fourth-order valence-electron chi connectivity index (χ4n) is 6.00. The Labute approximate surface area is 139 Å². The molecule has 4 saturated carbocycles. The van der Waals surface area contributed by atoms with Crippen molar-refractivity contribution >= 4 is 0 Å². The van der Waals surface area contributed by atoms with Crippen LogP contribution in [0.15, 0.2) is 0 Å². The molecule has 0 saturated heterocycles. The highest BCUT2D eigenvalue weighted by molar-refractivity contribution is 4.85. The molecule has 128 valence electrons. The lowest BCUT2D eigenvalue weighted by molar-refractivity contribution is 0.124. The van der Waals surface area contributed by atoms with Gasteiger partial charge in [0.1, 0.15) is 0 Å². The van der Waals surface area contributed by atoms with Gasteiger partial charge in [0, 0.05) is 0 Å². The summed E-state index contributed by atoms with van der Waals surface area (Å²) in [6, 6.07) is 0. The molecule has 2 bridgehead atoms. The molecule has 0 aromatic rings. The fraction of sp³-hybridized carbons (Fsp3) is 1.00. The Kier molecular flexibility index (Phi) is 6.69. The first-order valence-corrected chi connectivity index (χ1v) is 10.9. The van der Waals surface area contributed by atoms with E-state index in [2.05, 4.69) is 0 Å². The van der Waals surface area contributed by atoms with Crippen LogP contribution >= 0.6 is 0 Å². The zero-order valence-corrected chi connectivity index (χ0v) is 15.1. The average molecular weight is 305 g/mol. The van der Waals surface area contributed by atoms with Crippen LogP contribution in [0.1, 0.15) is 122 Å². The van der Waals surface area contributed by atoms with Crippen molar-refractivity contribution in [3.63, 3.8) is 0 Å². The Balaban J connectivity index is 0.000000131. The van der Waals surface area contributed by atoms with Gasteiger partial charge >= 0.3 is 0 Å². The van der Waals surface area contributed by atoms with Crippen molar-refractivity contribution in [3.05, 3.63) is 0 Å². The lowest BCUT2D eigenvalue weighted by Crippen LogP contribution is -2.26. The molecule has 1 spiro atoms. The number of rotatable bonds is 0. The minimum atomic E-state index is 0.858. The number of hydrogen-bond acceptors (Lipinski definition) is 0. The quantitative estimate of drug-likeness (QED) is 0.431. The van der Waals surface area contributed by atoms with Crippen molar-refractivity contribution < 1.29 is 0 Å². The van der Waals surface area contributed by atoms with Gasteiger partial charge in [-0.1, -0.05) is 96.3 Å². The zero-order chi connectivity index (χ0) is 15.1. The molecule has 0 amide bonds.